The molecule has 1 rings (SSSR count). The largest absolute Gasteiger partial charge is 0.299 e. The van der Waals surface area contributed by atoms with E-state index >= 15 is 0 Å². The van der Waals surface area contributed by atoms with Crippen LogP contribution in [0.1, 0.15) is 12.5 Å². The molecule has 0 radical (unpaired) electrons. The summed E-state index contributed by atoms with van der Waals surface area (Å²) in [5.74, 6) is -0.247. The Bertz CT molecular complexity index is 332. The highest BCUT2D eigenvalue weighted by Crippen LogP contribution is 2.18. The van der Waals surface area contributed by atoms with E-state index in [4.69, 9.17) is 0 Å². The molecule has 14 heavy (non-hydrogen) atoms. The number of hydrogen-bond acceptors (Lipinski definition) is 1. The second kappa shape index (κ2) is 5.03. The number of halogens is 3. The molecule has 0 aliphatic rings. The fourth-order valence-electron chi connectivity index (χ4n) is 1.08. The number of ketones is 1. The first kappa shape index (κ1) is 11.9. The number of Topliss-reactive ketones (excluding diaryl/α,β-unsaturated/α-hetero) is 1. The molecule has 4 heteroatoms. The Labute approximate surface area is 99.0 Å². The van der Waals surface area contributed by atoms with Gasteiger partial charge in [0.15, 0.2) is 0 Å². The molecule has 1 nitrogen and oxygen atoms in total. The lowest BCUT2D eigenvalue weighted by atomic mass is 10.1. The van der Waals surface area contributed by atoms with Crippen molar-refractivity contribution in [3.05, 3.63) is 34.1 Å². The van der Waals surface area contributed by atoms with Gasteiger partial charge in [-0.3, -0.25) is 4.79 Å². The normalized spacial score (nSPS) is 12.6. The fraction of sp³-hybridized carbons (Fsp3) is 0.300. The highest BCUT2D eigenvalue weighted by Gasteiger charge is 2.11. The first-order valence-corrected chi connectivity index (χ1v) is 5.79. The molecule has 76 valence electrons. The topological polar surface area (TPSA) is 17.1 Å². The van der Waals surface area contributed by atoms with Gasteiger partial charge in [0.2, 0.25) is 0 Å². The quantitative estimate of drug-likeness (QED) is 0.778. The Kier molecular flexibility index (Phi) is 4.26. The number of benzene rings is 1. The van der Waals surface area contributed by atoms with E-state index in [-0.39, 0.29) is 16.4 Å². The van der Waals surface area contributed by atoms with Crippen molar-refractivity contribution in [1.29, 1.82) is 0 Å². The van der Waals surface area contributed by atoms with Gasteiger partial charge < -0.3 is 0 Å². The summed E-state index contributed by atoms with van der Waals surface area (Å²) in [7, 11) is 0. The predicted octanol–water partition coefficient (Wildman–Crippen LogP) is 3.48. The van der Waals surface area contributed by atoms with Crippen molar-refractivity contribution < 1.29 is 9.18 Å². The summed E-state index contributed by atoms with van der Waals surface area (Å²) < 4.78 is 13.6. The van der Waals surface area contributed by atoms with Gasteiger partial charge in [-0.15, -0.1) is 0 Å². The Balaban J connectivity index is 2.81. The summed E-state index contributed by atoms with van der Waals surface area (Å²) in [5, 5.41) is 0. The Morgan fingerprint density at radius 1 is 1.50 bits per heavy atom. The summed E-state index contributed by atoms with van der Waals surface area (Å²) >= 11 is 6.44. The zero-order chi connectivity index (χ0) is 10.7. The van der Waals surface area contributed by atoms with Crippen LogP contribution in [-0.2, 0) is 11.2 Å². The maximum atomic E-state index is 12.9. The van der Waals surface area contributed by atoms with Crippen LogP contribution in [0.15, 0.2) is 22.7 Å². The van der Waals surface area contributed by atoms with E-state index in [0.29, 0.717) is 10.9 Å². The monoisotopic (exact) mass is 322 g/mol. The van der Waals surface area contributed by atoms with Crippen molar-refractivity contribution in [3.8, 4) is 0 Å². The van der Waals surface area contributed by atoms with Crippen LogP contribution in [-0.4, -0.2) is 10.6 Å². The smallest absolute Gasteiger partial charge is 0.143 e. The Morgan fingerprint density at radius 3 is 2.64 bits per heavy atom. The number of carbonyl (C=O) groups excluding carboxylic acids is 1. The summed E-state index contributed by atoms with van der Waals surface area (Å²) in [6.45, 7) is 1.51. The summed E-state index contributed by atoms with van der Waals surface area (Å²) in [6, 6.07) is 4.63. The minimum Gasteiger partial charge on any atom is -0.299 e. The third-order valence-electron chi connectivity index (χ3n) is 1.78. The predicted molar refractivity (Wildman–Crippen MR) is 61.2 cm³/mol. The third-order valence-corrected chi connectivity index (χ3v) is 3.20. The molecule has 0 saturated heterocycles. The molecule has 0 saturated carbocycles. The van der Waals surface area contributed by atoms with Crippen molar-refractivity contribution in [2.45, 2.75) is 18.2 Å². The van der Waals surface area contributed by atoms with E-state index in [1.165, 1.54) is 19.1 Å². The van der Waals surface area contributed by atoms with Crippen LogP contribution in [0.5, 0.6) is 0 Å². The van der Waals surface area contributed by atoms with Crippen LogP contribution in [0.3, 0.4) is 0 Å². The number of carbonyl (C=O) groups is 1. The second-order valence-corrected chi connectivity index (χ2v) is 5.08. The van der Waals surface area contributed by atoms with E-state index < -0.39 is 0 Å². The van der Waals surface area contributed by atoms with Gasteiger partial charge in [0.25, 0.3) is 0 Å². The third kappa shape index (κ3) is 3.50. The summed E-state index contributed by atoms with van der Waals surface area (Å²) in [4.78, 5) is 10.7. The molecule has 1 aromatic rings. The molecule has 0 spiro atoms. The highest BCUT2D eigenvalue weighted by atomic mass is 79.9. The molecule has 0 aromatic heterocycles. The molecule has 0 amide bonds. The first-order valence-electron chi connectivity index (χ1n) is 4.08. The van der Waals surface area contributed by atoms with Crippen molar-refractivity contribution >= 4 is 37.6 Å². The lowest BCUT2D eigenvalue weighted by molar-refractivity contribution is -0.116. The van der Waals surface area contributed by atoms with Crippen molar-refractivity contribution in [2.24, 2.45) is 0 Å². The van der Waals surface area contributed by atoms with Crippen LogP contribution < -0.4 is 0 Å². The number of rotatable bonds is 3. The maximum absolute atomic E-state index is 12.9. The van der Waals surface area contributed by atoms with Crippen LogP contribution in [0.25, 0.3) is 0 Å². The van der Waals surface area contributed by atoms with E-state index in [1.807, 2.05) is 0 Å². The average molecular weight is 324 g/mol. The van der Waals surface area contributed by atoms with Crippen molar-refractivity contribution in [3.63, 3.8) is 0 Å². The summed E-state index contributed by atoms with van der Waals surface area (Å²) in [5.41, 5.74) is 0.800. The molecule has 1 unspecified atom stereocenters. The number of hydrogen-bond donors (Lipinski definition) is 0. The van der Waals surface area contributed by atoms with Crippen molar-refractivity contribution in [2.75, 3.05) is 0 Å². The number of alkyl halides is 1. The molecule has 0 N–H and O–H groups in total. The van der Waals surface area contributed by atoms with Gasteiger partial charge >= 0.3 is 0 Å². The van der Waals surface area contributed by atoms with Crippen LogP contribution in [0.2, 0.25) is 0 Å². The SMILES string of the molecule is CC(=O)C(Br)Cc1cc(F)cc(Br)c1. The van der Waals surface area contributed by atoms with E-state index in [0.717, 1.165) is 5.56 Å². The van der Waals surface area contributed by atoms with Gasteiger partial charge in [-0.1, -0.05) is 31.9 Å². The lowest BCUT2D eigenvalue weighted by Gasteiger charge is -2.06. The van der Waals surface area contributed by atoms with Gasteiger partial charge in [0.1, 0.15) is 11.6 Å². The van der Waals surface area contributed by atoms with Gasteiger partial charge in [-0.2, -0.15) is 0 Å². The molecule has 0 aliphatic carbocycles. The fourth-order valence-corrected chi connectivity index (χ4v) is 1.97. The van der Waals surface area contributed by atoms with E-state index in [9.17, 15) is 9.18 Å². The summed E-state index contributed by atoms with van der Waals surface area (Å²) in [6.07, 6.45) is 0.506. The van der Waals surface area contributed by atoms with E-state index in [1.54, 1.807) is 6.07 Å². The molecule has 0 fully saturated rings. The lowest BCUT2D eigenvalue weighted by Crippen LogP contribution is -2.12. The zero-order valence-corrected chi connectivity index (χ0v) is 10.7. The standard InChI is InChI=1S/C10H9Br2FO/c1-6(14)10(12)4-7-2-8(11)5-9(13)3-7/h2-3,5,10H,4H2,1H3. The molecule has 0 aliphatic heterocycles. The van der Waals surface area contributed by atoms with Gasteiger partial charge in [0, 0.05) is 4.47 Å². The van der Waals surface area contributed by atoms with Crippen molar-refractivity contribution in [1.82, 2.24) is 0 Å². The second-order valence-electron chi connectivity index (χ2n) is 3.06. The molecule has 1 atom stereocenters. The van der Waals surface area contributed by atoms with Gasteiger partial charge in [-0.25, -0.2) is 4.39 Å². The zero-order valence-electron chi connectivity index (χ0n) is 7.56. The van der Waals surface area contributed by atoms with Gasteiger partial charge in [-0.05, 0) is 37.1 Å². The van der Waals surface area contributed by atoms with Gasteiger partial charge in [0.05, 0.1) is 4.83 Å². The molecular formula is C10H9Br2FO. The maximum Gasteiger partial charge on any atom is 0.143 e. The van der Waals surface area contributed by atoms with E-state index in [2.05, 4.69) is 31.9 Å². The Hall–Kier alpha value is -0.220. The van der Waals surface area contributed by atoms with Crippen LogP contribution >= 0.6 is 31.9 Å². The molecular weight excluding hydrogens is 315 g/mol. The Morgan fingerprint density at radius 2 is 2.14 bits per heavy atom. The van der Waals surface area contributed by atoms with Crippen LogP contribution in [0.4, 0.5) is 4.39 Å². The highest BCUT2D eigenvalue weighted by molar-refractivity contribution is 9.10. The molecule has 1 aromatic carbocycles. The minimum atomic E-state index is -0.294. The first-order chi connectivity index (χ1) is 6.49. The molecule has 0 bridgehead atoms. The molecule has 0 heterocycles. The average Bonchev–Trinajstić information content (AvgIpc) is 2.01. The van der Waals surface area contributed by atoms with Crippen LogP contribution in [0, 0.1) is 5.82 Å². The minimum absolute atomic E-state index is 0.0467.